The van der Waals surface area contributed by atoms with Crippen LogP contribution in [0, 0.1) is 0 Å². The molecule has 1 aliphatic heterocycles. The largest absolute Gasteiger partial charge is 0.397 e. The Labute approximate surface area is 127 Å². The third kappa shape index (κ3) is 4.36. The van der Waals surface area contributed by atoms with Crippen LogP contribution in [0.5, 0.6) is 0 Å². The summed E-state index contributed by atoms with van der Waals surface area (Å²) in [6.07, 6.45) is 1.57. The van der Waals surface area contributed by atoms with Gasteiger partial charge in [-0.1, -0.05) is 12.1 Å². The van der Waals surface area contributed by atoms with Gasteiger partial charge in [-0.3, -0.25) is 9.69 Å². The molecule has 21 heavy (non-hydrogen) atoms. The van der Waals surface area contributed by atoms with Crippen LogP contribution in [0.15, 0.2) is 24.3 Å². The quantitative estimate of drug-likeness (QED) is 0.830. The third-order valence-corrected chi connectivity index (χ3v) is 4.01. The first kappa shape index (κ1) is 15.6. The second-order valence-electron chi connectivity index (χ2n) is 5.78. The number of carbonyl (C=O) groups excluding carboxylic acids is 1. The molecule has 0 atom stereocenters. The van der Waals surface area contributed by atoms with Crippen molar-refractivity contribution in [1.82, 2.24) is 9.80 Å². The molecule has 0 saturated carbocycles. The Hall–Kier alpha value is -1.75. The highest BCUT2D eigenvalue weighted by Crippen LogP contribution is 2.23. The molecule has 0 unspecified atom stereocenters. The molecule has 0 bridgehead atoms. The van der Waals surface area contributed by atoms with Crippen molar-refractivity contribution in [3.8, 4) is 0 Å². The highest BCUT2D eigenvalue weighted by Gasteiger charge is 2.18. The maximum atomic E-state index is 11.5. The van der Waals surface area contributed by atoms with Gasteiger partial charge in [-0.25, -0.2) is 0 Å². The van der Waals surface area contributed by atoms with Gasteiger partial charge in [-0.15, -0.1) is 0 Å². The van der Waals surface area contributed by atoms with E-state index in [1.54, 1.807) is 4.90 Å². The first-order valence-corrected chi connectivity index (χ1v) is 7.60. The molecule has 1 amide bonds. The van der Waals surface area contributed by atoms with Crippen molar-refractivity contribution >= 4 is 17.3 Å². The Kier molecular flexibility index (Phi) is 5.44. The van der Waals surface area contributed by atoms with Gasteiger partial charge in [0.25, 0.3) is 0 Å². The van der Waals surface area contributed by atoms with Gasteiger partial charge < -0.3 is 15.5 Å². The van der Waals surface area contributed by atoms with Crippen LogP contribution in [0.2, 0.25) is 0 Å². The van der Waals surface area contributed by atoms with Gasteiger partial charge in [0.15, 0.2) is 0 Å². The van der Waals surface area contributed by atoms with E-state index in [2.05, 4.69) is 15.9 Å². The number of rotatable bonds is 5. The summed E-state index contributed by atoms with van der Waals surface area (Å²) in [4.78, 5) is 18.0. The lowest BCUT2D eigenvalue weighted by Gasteiger charge is -2.36. The predicted molar refractivity (Wildman–Crippen MR) is 87.4 cm³/mol. The van der Waals surface area contributed by atoms with Crippen molar-refractivity contribution in [3.63, 3.8) is 0 Å². The summed E-state index contributed by atoms with van der Waals surface area (Å²) in [5, 5.41) is 0. The van der Waals surface area contributed by atoms with E-state index in [4.69, 9.17) is 5.73 Å². The normalized spacial score (nSPS) is 16.0. The van der Waals surface area contributed by atoms with Crippen LogP contribution < -0.4 is 10.6 Å². The number of piperazine rings is 1. The van der Waals surface area contributed by atoms with Crippen LogP contribution in [0.3, 0.4) is 0 Å². The van der Waals surface area contributed by atoms with Crippen molar-refractivity contribution in [3.05, 3.63) is 24.3 Å². The summed E-state index contributed by atoms with van der Waals surface area (Å²) in [6, 6.07) is 8.04. The lowest BCUT2D eigenvalue weighted by molar-refractivity contribution is -0.128. The highest BCUT2D eigenvalue weighted by molar-refractivity contribution is 5.75. The van der Waals surface area contributed by atoms with Gasteiger partial charge in [0.2, 0.25) is 5.91 Å². The molecule has 1 aromatic rings. The second-order valence-corrected chi connectivity index (χ2v) is 5.78. The zero-order valence-corrected chi connectivity index (χ0v) is 13.1. The van der Waals surface area contributed by atoms with Crippen molar-refractivity contribution in [1.29, 1.82) is 0 Å². The maximum Gasteiger partial charge on any atom is 0.222 e. The zero-order chi connectivity index (χ0) is 15.2. The molecule has 116 valence electrons. The number of nitrogens with zero attached hydrogens (tertiary/aromatic N) is 3. The van der Waals surface area contributed by atoms with Crippen molar-refractivity contribution in [2.75, 3.05) is 57.5 Å². The van der Waals surface area contributed by atoms with E-state index < -0.39 is 0 Å². The molecule has 1 saturated heterocycles. The molecular formula is C16H26N4O. The van der Waals surface area contributed by atoms with E-state index in [0.717, 1.165) is 50.5 Å². The van der Waals surface area contributed by atoms with E-state index in [0.29, 0.717) is 6.42 Å². The molecule has 0 aromatic heterocycles. The minimum absolute atomic E-state index is 0.214. The summed E-state index contributed by atoms with van der Waals surface area (Å²) in [5.74, 6) is 0.214. The number of benzene rings is 1. The van der Waals surface area contributed by atoms with E-state index in [9.17, 15) is 4.79 Å². The monoisotopic (exact) mass is 290 g/mol. The standard InChI is InChI=1S/C16H26N4O/c1-18(2)16(21)8-5-9-19-10-12-20(13-11-19)15-7-4-3-6-14(15)17/h3-4,6-7H,5,8-13,17H2,1-2H3. The molecule has 5 heteroatoms. The molecule has 1 aromatic carbocycles. The molecule has 1 heterocycles. The topological polar surface area (TPSA) is 52.8 Å². The van der Waals surface area contributed by atoms with Crippen LogP contribution in [-0.4, -0.2) is 62.5 Å². The van der Waals surface area contributed by atoms with Gasteiger partial charge in [0.05, 0.1) is 11.4 Å². The smallest absolute Gasteiger partial charge is 0.222 e. The number of para-hydroxylation sites is 2. The molecular weight excluding hydrogens is 264 g/mol. The molecule has 1 fully saturated rings. The first-order valence-electron chi connectivity index (χ1n) is 7.60. The average molecular weight is 290 g/mol. The zero-order valence-electron chi connectivity index (χ0n) is 13.1. The fraction of sp³-hybridized carbons (Fsp3) is 0.562. The number of carbonyl (C=O) groups is 1. The van der Waals surface area contributed by atoms with Crippen molar-refractivity contribution < 1.29 is 4.79 Å². The molecule has 0 spiro atoms. The summed E-state index contributed by atoms with van der Waals surface area (Å²) in [7, 11) is 3.62. The number of nitrogens with two attached hydrogens (primary N) is 1. The first-order chi connectivity index (χ1) is 10.1. The van der Waals surface area contributed by atoms with E-state index in [1.165, 1.54) is 0 Å². The minimum Gasteiger partial charge on any atom is -0.397 e. The minimum atomic E-state index is 0.214. The summed E-state index contributed by atoms with van der Waals surface area (Å²) in [6.45, 7) is 5.05. The molecule has 2 rings (SSSR count). The number of hydrogen-bond acceptors (Lipinski definition) is 4. The third-order valence-electron chi connectivity index (χ3n) is 4.01. The van der Waals surface area contributed by atoms with Gasteiger partial charge in [-0.2, -0.15) is 0 Å². The average Bonchev–Trinajstić information content (AvgIpc) is 2.48. The lowest BCUT2D eigenvalue weighted by atomic mass is 10.2. The van der Waals surface area contributed by atoms with Gasteiger partial charge in [0, 0.05) is 46.7 Å². The summed E-state index contributed by atoms with van der Waals surface area (Å²) in [5.41, 5.74) is 8.02. The number of amides is 1. The van der Waals surface area contributed by atoms with E-state index in [1.807, 2.05) is 32.3 Å². The fourth-order valence-electron chi connectivity index (χ4n) is 2.67. The Morgan fingerprint density at radius 3 is 2.48 bits per heavy atom. The fourth-order valence-corrected chi connectivity index (χ4v) is 2.67. The van der Waals surface area contributed by atoms with E-state index in [-0.39, 0.29) is 5.91 Å². The Bertz CT molecular complexity index is 467. The molecule has 0 aliphatic carbocycles. The predicted octanol–water partition coefficient (Wildman–Crippen LogP) is 1.26. The van der Waals surface area contributed by atoms with Gasteiger partial charge in [-0.05, 0) is 25.1 Å². The maximum absolute atomic E-state index is 11.5. The number of anilines is 2. The molecule has 5 nitrogen and oxygen atoms in total. The SMILES string of the molecule is CN(C)C(=O)CCCN1CCN(c2ccccc2N)CC1. The van der Waals surface area contributed by atoms with Crippen LogP contribution >= 0.6 is 0 Å². The Morgan fingerprint density at radius 1 is 1.19 bits per heavy atom. The van der Waals surface area contributed by atoms with Crippen LogP contribution in [-0.2, 0) is 4.79 Å². The lowest BCUT2D eigenvalue weighted by Crippen LogP contribution is -2.46. The van der Waals surface area contributed by atoms with Crippen LogP contribution in [0.1, 0.15) is 12.8 Å². The number of hydrogen-bond donors (Lipinski definition) is 1. The summed E-state index contributed by atoms with van der Waals surface area (Å²) >= 11 is 0. The van der Waals surface area contributed by atoms with E-state index >= 15 is 0 Å². The van der Waals surface area contributed by atoms with Crippen molar-refractivity contribution in [2.24, 2.45) is 0 Å². The molecule has 1 aliphatic rings. The van der Waals surface area contributed by atoms with Crippen LogP contribution in [0.4, 0.5) is 11.4 Å². The van der Waals surface area contributed by atoms with Crippen LogP contribution in [0.25, 0.3) is 0 Å². The second kappa shape index (κ2) is 7.31. The van der Waals surface area contributed by atoms with Crippen molar-refractivity contribution in [2.45, 2.75) is 12.8 Å². The molecule has 0 radical (unpaired) electrons. The Morgan fingerprint density at radius 2 is 1.86 bits per heavy atom. The van der Waals surface area contributed by atoms with Gasteiger partial charge in [0.1, 0.15) is 0 Å². The Balaban J connectivity index is 1.74. The summed E-state index contributed by atoms with van der Waals surface area (Å²) < 4.78 is 0. The van der Waals surface area contributed by atoms with Gasteiger partial charge >= 0.3 is 0 Å². The molecule has 2 N–H and O–H groups in total. The number of nitrogen functional groups attached to an aromatic ring is 1. The highest BCUT2D eigenvalue weighted by atomic mass is 16.2.